The van der Waals surface area contributed by atoms with Gasteiger partial charge in [-0.3, -0.25) is 0 Å². The molecule has 0 aromatic heterocycles. The normalized spacial score (nSPS) is 38.2. The predicted molar refractivity (Wildman–Crippen MR) is 67.3 cm³/mol. The van der Waals surface area contributed by atoms with E-state index in [1.54, 1.807) is 0 Å². The third kappa shape index (κ3) is 3.46. The Morgan fingerprint density at radius 2 is 1.88 bits per heavy atom. The van der Waals surface area contributed by atoms with E-state index in [2.05, 4.69) is 6.92 Å². The number of ether oxygens (including phenoxy) is 1. The van der Waals surface area contributed by atoms with Crippen molar-refractivity contribution >= 4 is 0 Å². The lowest BCUT2D eigenvalue weighted by Crippen LogP contribution is -2.42. The Hall–Kier alpha value is -0.0800. The molecule has 0 radical (unpaired) electrons. The van der Waals surface area contributed by atoms with E-state index in [1.807, 2.05) is 0 Å². The van der Waals surface area contributed by atoms with Gasteiger partial charge in [0.2, 0.25) is 0 Å². The predicted octanol–water partition coefficient (Wildman–Crippen LogP) is 3.10. The third-order valence-electron chi connectivity index (χ3n) is 4.54. The minimum atomic E-state index is 0.146. The fraction of sp³-hybridized carbons (Fsp3) is 1.00. The molecular formula is C14H27NO. The van der Waals surface area contributed by atoms with Crippen LogP contribution in [0.25, 0.3) is 0 Å². The summed E-state index contributed by atoms with van der Waals surface area (Å²) in [4.78, 5) is 0. The summed E-state index contributed by atoms with van der Waals surface area (Å²) in [6.45, 7) is 4.29. The zero-order chi connectivity index (χ0) is 11.4. The van der Waals surface area contributed by atoms with E-state index >= 15 is 0 Å². The van der Waals surface area contributed by atoms with Crippen LogP contribution < -0.4 is 5.73 Å². The Balaban J connectivity index is 1.85. The zero-order valence-electron chi connectivity index (χ0n) is 10.7. The molecule has 2 nitrogen and oxygen atoms in total. The minimum absolute atomic E-state index is 0.146. The maximum absolute atomic E-state index is 6.61. The average molecular weight is 225 g/mol. The lowest BCUT2D eigenvalue weighted by atomic mass is 9.79. The second-order valence-electron chi connectivity index (χ2n) is 6.16. The number of hydrogen-bond acceptors (Lipinski definition) is 2. The molecule has 2 heteroatoms. The van der Waals surface area contributed by atoms with Gasteiger partial charge in [0.1, 0.15) is 0 Å². The molecule has 2 rings (SSSR count). The van der Waals surface area contributed by atoms with Gasteiger partial charge in [0, 0.05) is 18.8 Å². The quantitative estimate of drug-likeness (QED) is 0.733. The number of nitrogens with two attached hydrogens (primary N) is 1. The van der Waals surface area contributed by atoms with Crippen LogP contribution in [-0.4, -0.2) is 18.8 Å². The van der Waals surface area contributed by atoms with Gasteiger partial charge in [-0.05, 0) is 50.4 Å². The molecule has 2 unspecified atom stereocenters. The maximum Gasteiger partial charge on any atom is 0.0468 e. The Labute approximate surface area is 99.9 Å². The fourth-order valence-electron chi connectivity index (χ4n) is 3.34. The van der Waals surface area contributed by atoms with Gasteiger partial charge < -0.3 is 10.5 Å². The van der Waals surface area contributed by atoms with E-state index in [1.165, 1.54) is 51.4 Å². The first-order valence-electron chi connectivity index (χ1n) is 7.05. The largest absolute Gasteiger partial charge is 0.381 e. The maximum atomic E-state index is 6.61. The first kappa shape index (κ1) is 12.4. The van der Waals surface area contributed by atoms with E-state index in [-0.39, 0.29) is 5.54 Å². The highest BCUT2D eigenvalue weighted by Gasteiger charge is 2.31. The minimum Gasteiger partial charge on any atom is -0.381 e. The highest BCUT2D eigenvalue weighted by atomic mass is 16.5. The summed E-state index contributed by atoms with van der Waals surface area (Å²) in [6.07, 6.45) is 10.2. The van der Waals surface area contributed by atoms with Crippen molar-refractivity contribution < 1.29 is 4.74 Å². The lowest BCUT2D eigenvalue weighted by molar-refractivity contribution is 0.0547. The van der Waals surface area contributed by atoms with Crippen LogP contribution in [0, 0.1) is 11.8 Å². The van der Waals surface area contributed by atoms with E-state index in [0.29, 0.717) is 0 Å². The summed E-state index contributed by atoms with van der Waals surface area (Å²) in [5.41, 5.74) is 6.76. The second kappa shape index (κ2) is 5.50. The van der Waals surface area contributed by atoms with Crippen LogP contribution in [0.4, 0.5) is 0 Å². The summed E-state index contributed by atoms with van der Waals surface area (Å²) in [5, 5.41) is 0. The number of hydrogen-bond donors (Lipinski definition) is 1. The summed E-state index contributed by atoms with van der Waals surface area (Å²) in [7, 11) is 0. The molecule has 16 heavy (non-hydrogen) atoms. The molecule has 1 heterocycles. The summed E-state index contributed by atoms with van der Waals surface area (Å²) >= 11 is 0. The first-order chi connectivity index (χ1) is 7.68. The van der Waals surface area contributed by atoms with Gasteiger partial charge in [-0.2, -0.15) is 0 Å². The van der Waals surface area contributed by atoms with Crippen molar-refractivity contribution in [2.75, 3.05) is 13.2 Å². The molecule has 1 saturated carbocycles. The molecule has 0 aromatic rings. The smallest absolute Gasteiger partial charge is 0.0468 e. The Morgan fingerprint density at radius 1 is 1.12 bits per heavy atom. The van der Waals surface area contributed by atoms with Crippen LogP contribution in [0.2, 0.25) is 0 Å². The monoisotopic (exact) mass is 225 g/mol. The van der Waals surface area contributed by atoms with Gasteiger partial charge in [0.25, 0.3) is 0 Å². The van der Waals surface area contributed by atoms with Gasteiger partial charge in [-0.15, -0.1) is 0 Å². The van der Waals surface area contributed by atoms with Crippen LogP contribution in [0.1, 0.15) is 58.3 Å². The molecule has 0 bridgehead atoms. The highest BCUT2D eigenvalue weighted by molar-refractivity contribution is 4.89. The SMILES string of the molecule is CC1CCCC(N)(CC2CCOCC2)CC1. The van der Waals surface area contributed by atoms with Gasteiger partial charge >= 0.3 is 0 Å². The molecular weight excluding hydrogens is 198 g/mol. The van der Waals surface area contributed by atoms with Crippen molar-refractivity contribution in [1.82, 2.24) is 0 Å². The van der Waals surface area contributed by atoms with Gasteiger partial charge in [0.05, 0.1) is 0 Å². The van der Waals surface area contributed by atoms with Crippen molar-refractivity contribution in [3.8, 4) is 0 Å². The van der Waals surface area contributed by atoms with Crippen molar-refractivity contribution in [3.63, 3.8) is 0 Å². The van der Waals surface area contributed by atoms with Crippen LogP contribution in [0.15, 0.2) is 0 Å². The van der Waals surface area contributed by atoms with E-state index in [9.17, 15) is 0 Å². The summed E-state index contributed by atoms with van der Waals surface area (Å²) < 4.78 is 5.42. The Bertz CT molecular complexity index is 213. The first-order valence-corrected chi connectivity index (χ1v) is 7.05. The van der Waals surface area contributed by atoms with Gasteiger partial charge in [0.15, 0.2) is 0 Å². The molecule has 0 amide bonds. The van der Waals surface area contributed by atoms with E-state index in [4.69, 9.17) is 10.5 Å². The average Bonchev–Trinajstić information content (AvgIpc) is 2.43. The van der Waals surface area contributed by atoms with Crippen LogP contribution in [0.3, 0.4) is 0 Å². The van der Waals surface area contributed by atoms with Crippen molar-refractivity contribution in [3.05, 3.63) is 0 Å². The molecule has 1 saturated heterocycles. The van der Waals surface area contributed by atoms with Crippen LogP contribution in [-0.2, 0) is 4.74 Å². The van der Waals surface area contributed by atoms with Crippen LogP contribution >= 0.6 is 0 Å². The molecule has 2 atom stereocenters. The molecule has 0 aromatic carbocycles. The summed E-state index contributed by atoms with van der Waals surface area (Å²) in [5.74, 6) is 1.72. The van der Waals surface area contributed by atoms with E-state index in [0.717, 1.165) is 25.0 Å². The molecule has 94 valence electrons. The van der Waals surface area contributed by atoms with Crippen molar-refractivity contribution in [1.29, 1.82) is 0 Å². The molecule has 2 N–H and O–H groups in total. The number of rotatable bonds is 2. The molecule has 0 spiro atoms. The molecule has 2 aliphatic rings. The Kier molecular flexibility index (Phi) is 4.26. The fourth-order valence-corrected chi connectivity index (χ4v) is 3.34. The highest BCUT2D eigenvalue weighted by Crippen LogP contribution is 2.35. The van der Waals surface area contributed by atoms with Gasteiger partial charge in [-0.1, -0.05) is 19.8 Å². The third-order valence-corrected chi connectivity index (χ3v) is 4.54. The topological polar surface area (TPSA) is 35.2 Å². The molecule has 1 aliphatic carbocycles. The van der Waals surface area contributed by atoms with E-state index < -0.39 is 0 Å². The molecule has 1 aliphatic heterocycles. The lowest BCUT2D eigenvalue weighted by Gasteiger charge is -2.34. The summed E-state index contributed by atoms with van der Waals surface area (Å²) in [6, 6.07) is 0. The standard InChI is InChI=1S/C14H27NO/c1-12-3-2-7-14(15,8-4-12)11-13-5-9-16-10-6-13/h12-13H,2-11,15H2,1H3. The van der Waals surface area contributed by atoms with Gasteiger partial charge in [-0.25, -0.2) is 0 Å². The zero-order valence-corrected chi connectivity index (χ0v) is 10.7. The Morgan fingerprint density at radius 3 is 2.62 bits per heavy atom. The van der Waals surface area contributed by atoms with Crippen molar-refractivity contribution in [2.45, 2.75) is 63.8 Å². The molecule has 2 fully saturated rings. The van der Waals surface area contributed by atoms with Crippen LogP contribution in [0.5, 0.6) is 0 Å². The van der Waals surface area contributed by atoms with Crippen molar-refractivity contribution in [2.24, 2.45) is 17.6 Å². The second-order valence-corrected chi connectivity index (χ2v) is 6.16.